The Balaban J connectivity index is 1.93. The van der Waals surface area contributed by atoms with Crippen LogP contribution in [0.1, 0.15) is 33.6 Å². The Labute approximate surface area is 147 Å². The Kier molecular flexibility index (Phi) is 3.68. The second-order valence-electron chi connectivity index (χ2n) is 6.70. The average molecular weight is 329 g/mol. The van der Waals surface area contributed by atoms with Crippen LogP contribution in [0.2, 0.25) is 0 Å². The zero-order chi connectivity index (χ0) is 17.6. The predicted octanol–water partition coefficient (Wildman–Crippen LogP) is 3.28. The molecule has 2 aromatic heterocycles. The minimum absolute atomic E-state index is 0.873. The topological polar surface area (TPSA) is 42.5 Å². The summed E-state index contributed by atoms with van der Waals surface area (Å²) in [4.78, 5) is 13.1. The van der Waals surface area contributed by atoms with Gasteiger partial charge in [-0.25, -0.2) is 14.5 Å². The zero-order valence-electron chi connectivity index (χ0n) is 15.0. The summed E-state index contributed by atoms with van der Waals surface area (Å²) in [6.07, 6.45) is 8.37. The fraction of sp³-hybridized carbons (Fsp3) is 0.238. The second kappa shape index (κ2) is 5.88. The highest BCUT2D eigenvalue weighted by molar-refractivity contribution is 5.84. The molecule has 0 fully saturated rings. The molecule has 4 heteroatoms. The van der Waals surface area contributed by atoms with Gasteiger partial charge >= 0.3 is 0 Å². The lowest BCUT2D eigenvalue weighted by Gasteiger charge is -2.13. The smallest absolute Gasteiger partial charge is 0.245 e. The first-order valence-corrected chi connectivity index (χ1v) is 8.49. The highest BCUT2D eigenvalue weighted by Gasteiger charge is 2.29. The van der Waals surface area contributed by atoms with Crippen LogP contribution in [0.25, 0.3) is 16.8 Å². The molecular weight excluding hydrogens is 308 g/mol. The number of nitrogens with zero attached hydrogens (tertiary/aromatic N) is 4. The summed E-state index contributed by atoms with van der Waals surface area (Å²) in [6, 6.07) is 6.46. The lowest BCUT2D eigenvalue weighted by atomic mass is 9.94. The van der Waals surface area contributed by atoms with Crippen molar-refractivity contribution in [2.75, 3.05) is 0 Å². The van der Waals surface area contributed by atoms with Gasteiger partial charge in [0.15, 0.2) is 5.69 Å². The third-order valence-corrected chi connectivity index (χ3v) is 4.97. The maximum absolute atomic E-state index is 4.71. The Morgan fingerprint density at radius 2 is 1.92 bits per heavy atom. The molecule has 0 aliphatic heterocycles. The van der Waals surface area contributed by atoms with Crippen molar-refractivity contribution in [3.05, 3.63) is 76.8 Å². The fourth-order valence-electron chi connectivity index (χ4n) is 3.65. The van der Waals surface area contributed by atoms with Gasteiger partial charge in [0.1, 0.15) is 12.0 Å². The summed E-state index contributed by atoms with van der Waals surface area (Å²) >= 11 is 0. The SMILES string of the molecule is Cc1cc(C)c(C)c(-c2c3c(nc[n+]2C)C(c2ccncn2)=CC3)c1. The van der Waals surface area contributed by atoms with Crippen molar-refractivity contribution in [1.29, 1.82) is 0 Å². The van der Waals surface area contributed by atoms with Crippen LogP contribution in [0.3, 0.4) is 0 Å². The molecule has 0 atom stereocenters. The Bertz CT molecular complexity index is 1000. The van der Waals surface area contributed by atoms with Crippen molar-refractivity contribution < 1.29 is 4.57 Å². The first-order valence-electron chi connectivity index (χ1n) is 8.49. The van der Waals surface area contributed by atoms with E-state index in [9.17, 15) is 0 Å². The number of hydrogen-bond donors (Lipinski definition) is 0. The van der Waals surface area contributed by atoms with Crippen LogP contribution in [-0.2, 0) is 13.5 Å². The Morgan fingerprint density at radius 3 is 2.68 bits per heavy atom. The Morgan fingerprint density at radius 1 is 1.08 bits per heavy atom. The summed E-state index contributed by atoms with van der Waals surface area (Å²) in [5.74, 6) is 0. The van der Waals surface area contributed by atoms with Crippen molar-refractivity contribution in [3.63, 3.8) is 0 Å². The van der Waals surface area contributed by atoms with E-state index in [0.717, 1.165) is 23.4 Å². The van der Waals surface area contributed by atoms with E-state index in [0.29, 0.717) is 0 Å². The molecule has 0 N–H and O–H groups in total. The van der Waals surface area contributed by atoms with E-state index in [1.54, 1.807) is 12.5 Å². The molecule has 1 aromatic carbocycles. The summed E-state index contributed by atoms with van der Waals surface area (Å²) in [5, 5.41) is 0. The molecule has 0 unspecified atom stereocenters. The third-order valence-electron chi connectivity index (χ3n) is 4.97. The monoisotopic (exact) mass is 329 g/mol. The number of fused-ring (bicyclic) bond motifs is 1. The van der Waals surface area contributed by atoms with E-state index >= 15 is 0 Å². The van der Waals surface area contributed by atoms with Gasteiger partial charge in [-0.1, -0.05) is 17.7 Å². The predicted molar refractivity (Wildman–Crippen MR) is 97.9 cm³/mol. The van der Waals surface area contributed by atoms with Crippen LogP contribution >= 0.6 is 0 Å². The van der Waals surface area contributed by atoms with E-state index in [1.165, 1.54) is 33.5 Å². The summed E-state index contributed by atoms with van der Waals surface area (Å²) in [5.41, 5.74) is 10.8. The molecule has 0 radical (unpaired) electrons. The summed E-state index contributed by atoms with van der Waals surface area (Å²) < 4.78 is 2.14. The number of hydrogen-bond acceptors (Lipinski definition) is 3. The van der Waals surface area contributed by atoms with Crippen molar-refractivity contribution in [3.8, 4) is 11.3 Å². The Hall–Kier alpha value is -2.88. The molecule has 4 rings (SSSR count). The second-order valence-corrected chi connectivity index (χ2v) is 6.70. The van der Waals surface area contributed by atoms with E-state index in [1.807, 2.05) is 12.4 Å². The highest BCUT2D eigenvalue weighted by atomic mass is 15.0. The number of allylic oxidation sites excluding steroid dienone is 1. The minimum atomic E-state index is 0.873. The molecule has 2 heterocycles. The van der Waals surface area contributed by atoms with Crippen LogP contribution in [0.15, 0.2) is 43.1 Å². The van der Waals surface area contributed by atoms with E-state index < -0.39 is 0 Å². The van der Waals surface area contributed by atoms with E-state index in [2.05, 4.69) is 60.6 Å². The number of aromatic nitrogens is 4. The van der Waals surface area contributed by atoms with Gasteiger partial charge < -0.3 is 0 Å². The first-order chi connectivity index (χ1) is 12.1. The van der Waals surface area contributed by atoms with Crippen molar-refractivity contribution >= 4 is 5.57 Å². The van der Waals surface area contributed by atoms with Gasteiger partial charge in [0, 0.05) is 23.8 Å². The highest BCUT2D eigenvalue weighted by Crippen LogP contribution is 2.36. The molecule has 1 aliphatic carbocycles. The standard InChI is InChI=1S/C21H21N4/c1-13-9-14(2)15(3)18(10-13)21-17-6-5-16(19-7-8-22-11-23-19)20(17)24-12-25(21)4/h5,7-12H,6H2,1-4H3/q+1. The molecule has 0 spiro atoms. The molecule has 0 bridgehead atoms. The van der Waals surface area contributed by atoms with Crippen molar-refractivity contribution in [2.24, 2.45) is 7.05 Å². The lowest BCUT2D eigenvalue weighted by molar-refractivity contribution is -0.663. The molecule has 3 aromatic rings. The largest absolute Gasteiger partial charge is 0.287 e. The summed E-state index contributed by atoms with van der Waals surface area (Å²) in [7, 11) is 2.07. The van der Waals surface area contributed by atoms with Gasteiger partial charge in [-0.3, -0.25) is 0 Å². The van der Waals surface area contributed by atoms with Gasteiger partial charge in [0.25, 0.3) is 6.33 Å². The lowest BCUT2D eigenvalue weighted by Crippen LogP contribution is -2.33. The van der Waals surface area contributed by atoms with E-state index in [-0.39, 0.29) is 0 Å². The molecule has 124 valence electrons. The molecule has 25 heavy (non-hydrogen) atoms. The molecule has 0 amide bonds. The van der Waals surface area contributed by atoms with Crippen LogP contribution in [-0.4, -0.2) is 15.0 Å². The van der Waals surface area contributed by atoms with Crippen LogP contribution in [0, 0.1) is 20.8 Å². The molecule has 4 nitrogen and oxygen atoms in total. The maximum Gasteiger partial charge on any atom is 0.287 e. The van der Waals surface area contributed by atoms with Gasteiger partial charge in [0.2, 0.25) is 0 Å². The van der Waals surface area contributed by atoms with Crippen molar-refractivity contribution in [2.45, 2.75) is 27.2 Å². The van der Waals surface area contributed by atoms with Crippen LogP contribution < -0.4 is 4.57 Å². The molecule has 0 saturated heterocycles. The van der Waals surface area contributed by atoms with Gasteiger partial charge in [-0.2, -0.15) is 0 Å². The first kappa shape index (κ1) is 15.6. The maximum atomic E-state index is 4.71. The number of rotatable bonds is 2. The van der Waals surface area contributed by atoms with Gasteiger partial charge in [0.05, 0.1) is 18.3 Å². The normalized spacial score (nSPS) is 12.9. The van der Waals surface area contributed by atoms with Crippen LogP contribution in [0.4, 0.5) is 0 Å². The van der Waals surface area contributed by atoms with Gasteiger partial charge in [-0.05, 0) is 49.0 Å². The molecule has 1 aliphatic rings. The average Bonchev–Trinajstić information content (AvgIpc) is 3.03. The minimum Gasteiger partial charge on any atom is -0.245 e. The summed E-state index contributed by atoms with van der Waals surface area (Å²) in [6.45, 7) is 6.53. The van der Waals surface area contributed by atoms with Crippen LogP contribution in [0.5, 0.6) is 0 Å². The van der Waals surface area contributed by atoms with E-state index in [4.69, 9.17) is 4.98 Å². The van der Waals surface area contributed by atoms with Gasteiger partial charge in [-0.15, -0.1) is 0 Å². The molecular formula is C21H21N4+. The molecule has 0 saturated carbocycles. The number of aryl methyl sites for hydroxylation is 3. The quantitative estimate of drug-likeness (QED) is 0.678. The zero-order valence-corrected chi connectivity index (χ0v) is 15.0. The number of benzene rings is 1. The van der Waals surface area contributed by atoms with Crippen molar-refractivity contribution in [1.82, 2.24) is 15.0 Å². The third kappa shape index (κ3) is 2.54. The fourth-order valence-corrected chi connectivity index (χ4v) is 3.65.